The lowest BCUT2D eigenvalue weighted by Crippen LogP contribution is -2.07. The van der Waals surface area contributed by atoms with Crippen LogP contribution in [-0.4, -0.2) is 0 Å². The van der Waals surface area contributed by atoms with Gasteiger partial charge in [0.15, 0.2) is 0 Å². The van der Waals surface area contributed by atoms with Crippen molar-refractivity contribution in [2.24, 2.45) is 11.8 Å². The van der Waals surface area contributed by atoms with E-state index in [4.69, 9.17) is 0 Å². The average molecular weight is 247 g/mol. The van der Waals surface area contributed by atoms with Gasteiger partial charge >= 0.3 is 0 Å². The molecule has 0 heterocycles. The van der Waals surface area contributed by atoms with Crippen molar-refractivity contribution in [3.8, 4) is 0 Å². The first-order valence-electron chi connectivity index (χ1n) is 7.25. The summed E-state index contributed by atoms with van der Waals surface area (Å²) in [5.74, 6) is 1.37. The Balaban J connectivity index is 4.57. The van der Waals surface area contributed by atoms with Gasteiger partial charge in [0.05, 0.1) is 0 Å². The van der Waals surface area contributed by atoms with Crippen molar-refractivity contribution in [2.75, 3.05) is 0 Å². The molecule has 0 spiro atoms. The average Bonchev–Trinajstić information content (AvgIpc) is 2.34. The Morgan fingerprint density at radius 1 is 1.22 bits per heavy atom. The highest BCUT2D eigenvalue weighted by Crippen LogP contribution is 2.27. The fourth-order valence-electron chi connectivity index (χ4n) is 2.33. The van der Waals surface area contributed by atoms with Crippen molar-refractivity contribution in [3.63, 3.8) is 0 Å². The quantitative estimate of drug-likeness (QED) is 0.453. The van der Waals surface area contributed by atoms with Gasteiger partial charge in [0, 0.05) is 0 Å². The zero-order chi connectivity index (χ0) is 14.0. The molecule has 0 nitrogen and oxygen atoms in total. The van der Waals surface area contributed by atoms with Gasteiger partial charge in [-0.1, -0.05) is 42.4 Å². The van der Waals surface area contributed by atoms with Gasteiger partial charge in [0.2, 0.25) is 0 Å². The molecule has 0 fully saturated rings. The normalized spacial score (nSPS) is 17.2. The van der Waals surface area contributed by atoms with Crippen molar-refractivity contribution < 1.29 is 0 Å². The molecular weight excluding hydrogens is 216 g/mol. The first-order valence-corrected chi connectivity index (χ1v) is 7.25. The van der Waals surface area contributed by atoms with Crippen LogP contribution in [0.1, 0.15) is 60.3 Å². The zero-order valence-corrected chi connectivity index (χ0v) is 13.0. The Kier molecular flexibility index (Phi) is 9.73. The van der Waals surface area contributed by atoms with Crippen molar-refractivity contribution >= 4 is 0 Å². The second-order valence-corrected chi connectivity index (χ2v) is 5.35. The van der Waals surface area contributed by atoms with Gasteiger partial charge in [-0.25, -0.2) is 0 Å². The number of allylic oxidation sites excluding steroid dienone is 6. The molecule has 1 radical (unpaired) electrons. The topological polar surface area (TPSA) is 0 Å². The van der Waals surface area contributed by atoms with E-state index < -0.39 is 0 Å². The summed E-state index contributed by atoms with van der Waals surface area (Å²) in [6.07, 6.45) is 13.6. The third-order valence-corrected chi connectivity index (χ3v) is 3.67. The van der Waals surface area contributed by atoms with Crippen molar-refractivity contribution in [1.29, 1.82) is 0 Å². The predicted octanol–water partition coefficient (Wildman–Crippen LogP) is 6.12. The third kappa shape index (κ3) is 7.53. The molecule has 0 amide bonds. The van der Waals surface area contributed by atoms with Crippen molar-refractivity contribution in [1.82, 2.24) is 0 Å². The van der Waals surface area contributed by atoms with Crippen LogP contribution in [0, 0.1) is 18.8 Å². The number of hydrogen-bond acceptors (Lipinski definition) is 0. The minimum Gasteiger partial charge on any atom is -0.0914 e. The molecule has 0 aromatic heterocycles. The molecule has 0 N–H and O–H groups in total. The van der Waals surface area contributed by atoms with E-state index in [0.717, 1.165) is 6.42 Å². The first-order chi connectivity index (χ1) is 8.54. The van der Waals surface area contributed by atoms with Crippen LogP contribution in [0.3, 0.4) is 0 Å². The van der Waals surface area contributed by atoms with E-state index in [1.165, 1.54) is 30.4 Å². The lowest BCUT2D eigenvalue weighted by Gasteiger charge is -2.21. The summed E-state index contributed by atoms with van der Waals surface area (Å²) in [4.78, 5) is 0. The van der Waals surface area contributed by atoms with Crippen molar-refractivity contribution in [2.45, 2.75) is 60.3 Å². The second kappa shape index (κ2) is 10.2. The third-order valence-electron chi connectivity index (χ3n) is 3.67. The van der Waals surface area contributed by atoms with E-state index in [0.29, 0.717) is 11.8 Å². The van der Waals surface area contributed by atoms with E-state index in [9.17, 15) is 0 Å². The molecule has 0 aromatic rings. The lowest BCUT2D eigenvalue weighted by atomic mass is 9.85. The Morgan fingerprint density at radius 2 is 1.89 bits per heavy atom. The van der Waals surface area contributed by atoms with Crippen LogP contribution in [0.5, 0.6) is 0 Å². The van der Waals surface area contributed by atoms with Crippen LogP contribution < -0.4 is 0 Å². The maximum absolute atomic E-state index is 3.93. The molecule has 0 bridgehead atoms. The van der Waals surface area contributed by atoms with Gasteiger partial charge in [-0.2, -0.15) is 0 Å². The van der Waals surface area contributed by atoms with E-state index in [1.54, 1.807) is 0 Å². The van der Waals surface area contributed by atoms with Gasteiger partial charge in [-0.3, -0.25) is 0 Å². The molecule has 103 valence electrons. The van der Waals surface area contributed by atoms with Crippen LogP contribution >= 0.6 is 0 Å². The zero-order valence-electron chi connectivity index (χ0n) is 13.0. The van der Waals surface area contributed by atoms with Crippen LogP contribution in [0.4, 0.5) is 0 Å². The molecule has 0 heteroatoms. The monoisotopic (exact) mass is 247 g/mol. The molecule has 0 rings (SSSR count). The smallest absolute Gasteiger partial charge is 0.0197 e. The summed E-state index contributed by atoms with van der Waals surface area (Å²) in [6, 6.07) is 0. The minimum atomic E-state index is 0.666. The predicted molar refractivity (Wildman–Crippen MR) is 84.5 cm³/mol. The molecule has 0 aliphatic heterocycles. The van der Waals surface area contributed by atoms with E-state index in [1.807, 2.05) is 0 Å². The largest absolute Gasteiger partial charge is 0.0914 e. The van der Waals surface area contributed by atoms with Gasteiger partial charge in [0.25, 0.3) is 0 Å². The number of hydrogen-bond donors (Lipinski definition) is 0. The molecular formula is C18H31. The molecule has 0 aliphatic carbocycles. The molecule has 0 saturated heterocycles. The molecule has 2 unspecified atom stereocenters. The highest BCUT2D eigenvalue weighted by atomic mass is 14.2. The Labute approximate surface area is 115 Å². The fraction of sp³-hybridized carbons (Fsp3) is 0.611. The van der Waals surface area contributed by atoms with Crippen LogP contribution in [0.25, 0.3) is 0 Å². The SMILES string of the molecule is [CH2]CC=C(C)C(CCC(C)=CC)CC(C)C=CC. The van der Waals surface area contributed by atoms with Crippen LogP contribution in [0.2, 0.25) is 0 Å². The molecule has 0 aliphatic rings. The fourth-order valence-corrected chi connectivity index (χ4v) is 2.33. The highest BCUT2D eigenvalue weighted by molar-refractivity contribution is 5.07. The summed E-state index contributed by atoms with van der Waals surface area (Å²) in [5.41, 5.74) is 3.02. The second-order valence-electron chi connectivity index (χ2n) is 5.35. The van der Waals surface area contributed by atoms with E-state index in [-0.39, 0.29) is 0 Å². The van der Waals surface area contributed by atoms with Gasteiger partial charge in [-0.15, -0.1) is 0 Å². The standard InChI is InChI=1S/C18H31/c1-7-10-16(5)14-18(17(6)11-8-2)13-12-15(4)9-3/h7,9-11,16,18H,2,8,12-14H2,1,3-6H3. The molecule has 2 atom stereocenters. The Hall–Kier alpha value is -0.780. The van der Waals surface area contributed by atoms with Crippen LogP contribution in [0.15, 0.2) is 35.5 Å². The van der Waals surface area contributed by atoms with E-state index >= 15 is 0 Å². The Morgan fingerprint density at radius 3 is 2.39 bits per heavy atom. The summed E-state index contributed by atoms with van der Waals surface area (Å²) in [5, 5.41) is 0. The van der Waals surface area contributed by atoms with E-state index in [2.05, 4.69) is 65.8 Å². The minimum absolute atomic E-state index is 0.666. The maximum atomic E-state index is 3.93. The summed E-state index contributed by atoms with van der Waals surface area (Å²) in [6.45, 7) is 15.0. The molecule has 18 heavy (non-hydrogen) atoms. The summed E-state index contributed by atoms with van der Waals surface area (Å²) in [7, 11) is 0. The highest BCUT2D eigenvalue weighted by Gasteiger charge is 2.13. The lowest BCUT2D eigenvalue weighted by molar-refractivity contribution is 0.457. The summed E-state index contributed by atoms with van der Waals surface area (Å²) >= 11 is 0. The van der Waals surface area contributed by atoms with Gasteiger partial charge in [0.1, 0.15) is 0 Å². The first kappa shape index (κ1) is 17.2. The van der Waals surface area contributed by atoms with Gasteiger partial charge in [-0.05, 0) is 72.1 Å². The number of rotatable bonds is 8. The molecule has 0 aromatic carbocycles. The Bertz CT molecular complexity index is 291. The van der Waals surface area contributed by atoms with Crippen molar-refractivity contribution in [3.05, 3.63) is 42.4 Å². The summed E-state index contributed by atoms with van der Waals surface area (Å²) < 4.78 is 0. The maximum Gasteiger partial charge on any atom is -0.0197 e. The molecule has 0 saturated carbocycles. The van der Waals surface area contributed by atoms with Crippen LogP contribution in [-0.2, 0) is 0 Å². The van der Waals surface area contributed by atoms with Gasteiger partial charge < -0.3 is 0 Å².